The number of hydrogen-bond acceptors (Lipinski definition) is 4. The lowest BCUT2D eigenvalue weighted by molar-refractivity contribution is -0.151. The summed E-state index contributed by atoms with van der Waals surface area (Å²) in [5.41, 5.74) is 1.49. The van der Waals surface area contributed by atoms with Crippen LogP contribution in [-0.4, -0.2) is 31.1 Å². The molecule has 25 heavy (non-hydrogen) atoms. The van der Waals surface area contributed by atoms with Crippen molar-refractivity contribution in [3.63, 3.8) is 0 Å². The third-order valence-electron chi connectivity index (χ3n) is 4.99. The number of carbonyl (C=O) groups is 2. The Bertz CT molecular complexity index is 604. The SMILES string of the molecule is COC(=O)C1(NC(=O)CCOc2ccc(C)c(C)c2)CCCCCC1. The second-order valence-corrected chi connectivity index (χ2v) is 6.88. The molecule has 1 amide bonds. The van der Waals surface area contributed by atoms with E-state index in [-0.39, 0.29) is 24.9 Å². The molecule has 0 aromatic heterocycles. The van der Waals surface area contributed by atoms with Crippen LogP contribution in [0.1, 0.15) is 56.1 Å². The molecule has 0 atom stereocenters. The number of esters is 1. The van der Waals surface area contributed by atoms with Crippen molar-refractivity contribution in [2.24, 2.45) is 0 Å². The molecule has 1 aliphatic carbocycles. The van der Waals surface area contributed by atoms with Gasteiger partial charge in [0, 0.05) is 0 Å². The first-order valence-corrected chi connectivity index (χ1v) is 9.06. The molecule has 1 saturated carbocycles. The highest BCUT2D eigenvalue weighted by Crippen LogP contribution is 2.28. The quantitative estimate of drug-likeness (QED) is 0.632. The van der Waals surface area contributed by atoms with E-state index in [9.17, 15) is 9.59 Å². The highest BCUT2D eigenvalue weighted by atomic mass is 16.5. The Hall–Kier alpha value is -2.04. The number of rotatable bonds is 6. The Balaban J connectivity index is 1.90. The van der Waals surface area contributed by atoms with Gasteiger partial charge in [-0.05, 0) is 49.9 Å². The number of nitrogens with one attached hydrogen (secondary N) is 1. The van der Waals surface area contributed by atoms with E-state index < -0.39 is 5.54 Å². The van der Waals surface area contributed by atoms with Crippen LogP contribution in [0.25, 0.3) is 0 Å². The van der Waals surface area contributed by atoms with E-state index in [1.807, 2.05) is 32.0 Å². The van der Waals surface area contributed by atoms with Crippen molar-refractivity contribution < 1.29 is 19.1 Å². The first-order valence-electron chi connectivity index (χ1n) is 9.06. The average Bonchev–Trinajstić information content (AvgIpc) is 2.83. The van der Waals surface area contributed by atoms with Crippen LogP contribution in [0.2, 0.25) is 0 Å². The molecule has 1 aliphatic rings. The van der Waals surface area contributed by atoms with Gasteiger partial charge in [-0.2, -0.15) is 0 Å². The summed E-state index contributed by atoms with van der Waals surface area (Å²) in [6.07, 6.45) is 5.52. The molecule has 0 heterocycles. The Morgan fingerprint density at radius 3 is 2.36 bits per heavy atom. The summed E-state index contributed by atoms with van der Waals surface area (Å²) < 4.78 is 10.6. The van der Waals surface area contributed by atoms with Gasteiger partial charge in [-0.1, -0.05) is 31.7 Å². The first-order chi connectivity index (χ1) is 12.0. The van der Waals surface area contributed by atoms with Gasteiger partial charge in [0.05, 0.1) is 20.1 Å². The molecular formula is C20H29NO4. The molecule has 1 aromatic carbocycles. The van der Waals surface area contributed by atoms with Crippen molar-refractivity contribution in [3.8, 4) is 5.75 Å². The Kier molecular flexibility index (Phi) is 6.85. The van der Waals surface area contributed by atoms with Crippen molar-refractivity contribution in [2.45, 2.75) is 64.3 Å². The van der Waals surface area contributed by atoms with Crippen LogP contribution in [0.5, 0.6) is 5.75 Å². The molecular weight excluding hydrogens is 318 g/mol. The minimum atomic E-state index is -0.872. The molecule has 5 nitrogen and oxygen atoms in total. The fourth-order valence-corrected chi connectivity index (χ4v) is 3.30. The minimum Gasteiger partial charge on any atom is -0.493 e. The topological polar surface area (TPSA) is 64.6 Å². The largest absolute Gasteiger partial charge is 0.493 e. The molecule has 0 spiro atoms. The highest BCUT2D eigenvalue weighted by molar-refractivity contribution is 5.88. The lowest BCUT2D eigenvalue weighted by atomic mass is 9.90. The number of carbonyl (C=O) groups excluding carboxylic acids is 2. The van der Waals surface area contributed by atoms with E-state index >= 15 is 0 Å². The van der Waals surface area contributed by atoms with Gasteiger partial charge in [-0.25, -0.2) is 4.79 Å². The third kappa shape index (κ3) is 5.21. The molecule has 5 heteroatoms. The number of amides is 1. The van der Waals surface area contributed by atoms with Gasteiger partial charge in [0.25, 0.3) is 0 Å². The number of methoxy groups -OCH3 is 1. The molecule has 0 radical (unpaired) electrons. The van der Waals surface area contributed by atoms with Crippen molar-refractivity contribution in [1.29, 1.82) is 0 Å². The average molecular weight is 347 g/mol. The zero-order chi connectivity index (χ0) is 18.3. The third-order valence-corrected chi connectivity index (χ3v) is 4.99. The summed E-state index contributed by atoms with van der Waals surface area (Å²) >= 11 is 0. The molecule has 2 rings (SSSR count). The molecule has 0 saturated heterocycles. The summed E-state index contributed by atoms with van der Waals surface area (Å²) in [4.78, 5) is 24.6. The molecule has 138 valence electrons. The Morgan fingerprint density at radius 2 is 1.76 bits per heavy atom. The molecule has 1 fully saturated rings. The summed E-state index contributed by atoms with van der Waals surface area (Å²) in [5.74, 6) is 0.252. The van der Waals surface area contributed by atoms with Crippen LogP contribution >= 0.6 is 0 Å². The van der Waals surface area contributed by atoms with Crippen LogP contribution in [0.3, 0.4) is 0 Å². The van der Waals surface area contributed by atoms with Crippen molar-refractivity contribution >= 4 is 11.9 Å². The van der Waals surface area contributed by atoms with Crippen LogP contribution < -0.4 is 10.1 Å². The second kappa shape index (κ2) is 8.88. The maximum Gasteiger partial charge on any atom is 0.331 e. The van der Waals surface area contributed by atoms with Gasteiger partial charge in [0.15, 0.2) is 0 Å². The van der Waals surface area contributed by atoms with Crippen molar-refractivity contribution in [1.82, 2.24) is 5.32 Å². The van der Waals surface area contributed by atoms with Crippen LogP contribution in [0.4, 0.5) is 0 Å². The normalized spacial score (nSPS) is 16.6. The van der Waals surface area contributed by atoms with Gasteiger partial charge in [-0.15, -0.1) is 0 Å². The van der Waals surface area contributed by atoms with Gasteiger partial charge in [-0.3, -0.25) is 4.79 Å². The summed E-state index contributed by atoms with van der Waals surface area (Å²) in [6, 6.07) is 5.87. The number of benzene rings is 1. The van der Waals surface area contributed by atoms with E-state index in [4.69, 9.17) is 9.47 Å². The maximum atomic E-state index is 12.4. The van der Waals surface area contributed by atoms with E-state index in [0.717, 1.165) is 37.0 Å². The minimum absolute atomic E-state index is 0.170. The smallest absolute Gasteiger partial charge is 0.331 e. The zero-order valence-corrected chi connectivity index (χ0v) is 15.5. The predicted molar refractivity (Wildman–Crippen MR) is 96.6 cm³/mol. The Morgan fingerprint density at radius 1 is 1.08 bits per heavy atom. The lowest BCUT2D eigenvalue weighted by Gasteiger charge is -2.30. The lowest BCUT2D eigenvalue weighted by Crippen LogP contribution is -2.55. The van der Waals surface area contributed by atoms with Gasteiger partial charge in [0.1, 0.15) is 11.3 Å². The van der Waals surface area contributed by atoms with Gasteiger partial charge < -0.3 is 14.8 Å². The van der Waals surface area contributed by atoms with Crippen LogP contribution in [0.15, 0.2) is 18.2 Å². The van der Waals surface area contributed by atoms with E-state index in [1.165, 1.54) is 12.7 Å². The second-order valence-electron chi connectivity index (χ2n) is 6.88. The van der Waals surface area contributed by atoms with Gasteiger partial charge in [0.2, 0.25) is 5.91 Å². The van der Waals surface area contributed by atoms with Crippen molar-refractivity contribution in [3.05, 3.63) is 29.3 Å². The van der Waals surface area contributed by atoms with Crippen LogP contribution in [-0.2, 0) is 14.3 Å². The van der Waals surface area contributed by atoms with Gasteiger partial charge >= 0.3 is 5.97 Å². The highest BCUT2D eigenvalue weighted by Gasteiger charge is 2.40. The maximum absolute atomic E-state index is 12.4. The summed E-state index contributed by atoms with van der Waals surface area (Å²) in [7, 11) is 1.38. The van der Waals surface area contributed by atoms with E-state index in [1.54, 1.807) is 0 Å². The van der Waals surface area contributed by atoms with Crippen molar-refractivity contribution in [2.75, 3.05) is 13.7 Å². The fraction of sp³-hybridized carbons (Fsp3) is 0.600. The predicted octanol–water partition coefficient (Wildman–Crippen LogP) is 3.45. The number of aryl methyl sites for hydroxylation is 2. The zero-order valence-electron chi connectivity index (χ0n) is 15.5. The molecule has 0 unspecified atom stereocenters. The molecule has 1 N–H and O–H groups in total. The monoisotopic (exact) mass is 347 g/mol. The van der Waals surface area contributed by atoms with E-state index in [0.29, 0.717) is 12.8 Å². The standard InChI is InChI=1S/C20H29NO4/c1-15-8-9-17(14-16(15)2)25-13-10-18(22)21-20(19(23)24-3)11-6-4-5-7-12-20/h8-9,14H,4-7,10-13H2,1-3H3,(H,21,22). The number of ether oxygens (including phenoxy) is 2. The van der Waals surface area contributed by atoms with Crippen LogP contribution in [0, 0.1) is 13.8 Å². The fourth-order valence-electron chi connectivity index (χ4n) is 3.30. The molecule has 1 aromatic rings. The molecule has 0 aliphatic heterocycles. The Labute approximate surface area is 150 Å². The number of hydrogen-bond donors (Lipinski definition) is 1. The summed E-state index contributed by atoms with van der Waals surface area (Å²) in [5, 5.41) is 2.94. The summed E-state index contributed by atoms with van der Waals surface area (Å²) in [6.45, 7) is 4.36. The molecule has 0 bridgehead atoms. The first kappa shape index (κ1) is 19.3. The van der Waals surface area contributed by atoms with E-state index in [2.05, 4.69) is 5.32 Å².